The number of rotatable bonds is 1. The highest BCUT2D eigenvalue weighted by atomic mass is 32.2. The average Bonchev–Trinajstić information content (AvgIpc) is 2.43. The quantitative estimate of drug-likeness (QED) is 0.749. The lowest BCUT2D eigenvalue weighted by molar-refractivity contribution is -0.000390. The Morgan fingerprint density at radius 3 is 2.74 bits per heavy atom. The smallest absolute Gasteiger partial charge is 0.286 e. The Kier molecular flexibility index (Phi) is 3.29. The Morgan fingerprint density at radius 1 is 1.35 bits per heavy atom. The maximum Gasteiger partial charge on any atom is 0.286 e. The SMILES string of the molecule is C[C@@]1(c2cc(N)ccc2F)CS2(=O)=NCC(F)(F)CN2C(N)=N1. The fourth-order valence-electron chi connectivity index (χ4n) is 2.78. The maximum absolute atomic E-state index is 14.2. The first-order valence-electron chi connectivity index (χ1n) is 6.82. The van der Waals surface area contributed by atoms with Crippen LogP contribution in [0, 0.1) is 5.82 Å². The van der Waals surface area contributed by atoms with Gasteiger partial charge in [-0.1, -0.05) is 0 Å². The van der Waals surface area contributed by atoms with Gasteiger partial charge >= 0.3 is 0 Å². The predicted molar refractivity (Wildman–Crippen MR) is 81.7 cm³/mol. The molecule has 2 aliphatic heterocycles. The van der Waals surface area contributed by atoms with Crippen molar-refractivity contribution in [3.05, 3.63) is 29.6 Å². The lowest BCUT2D eigenvalue weighted by Gasteiger charge is -2.42. The summed E-state index contributed by atoms with van der Waals surface area (Å²) in [6, 6.07) is 3.94. The highest BCUT2D eigenvalue weighted by Crippen LogP contribution is 2.38. The van der Waals surface area contributed by atoms with E-state index >= 15 is 0 Å². The lowest BCUT2D eigenvalue weighted by Crippen LogP contribution is -2.58. The summed E-state index contributed by atoms with van der Waals surface area (Å²) < 4.78 is 58.6. The minimum absolute atomic E-state index is 0.107. The van der Waals surface area contributed by atoms with E-state index in [-0.39, 0.29) is 17.3 Å². The van der Waals surface area contributed by atoms with E-state index < -0.39 is 40.3 Å². The second-order valence-electron chi connectivity index (χ2n) is 5.91. The van der Waals surface area contributed by atoms with Crippen LogP contribution in [0.5, 0.6) is 0 Å². The molecule has 2 aliphatic rings. The third-order valence-electron chi connectivity index (χ3n) is 3.87. The van der Waals surface area contributed by atoms with Crippen molar-refractivity contribution in [3.8, 4) is 0 Å². The molecule has 23 heavy (non-hydrogen) atoms. The second kappa shape index (κ2) is 4.76. The number of alkyl halides is 2. The van der Waals surface area contributed by atoms with Crippen molar-refractivity contribution in [2.24, 2.45) is 15.1 Å². The molecular weight excluding hydrogens is 331 g/mol. The fourth-order valence-corrected chi connectivity index (χ4v) is 5.23. The minimum Gasteiger partial charge on any atom is -0.399 e. The Bertz CT molecular complexity index is 818. The van der Waals surface area contributed by atoms with Gasteiger partial charge in [0.1, 0.15) is 34.4 Å². The summed E-state index contributed by atoms with van der Waals surface area (Å²) in [5.74, 6) is -4.29. The molecule has 3 rings (SSSR count). The molecule has 0 aliphatic carbocycles. The molecular formula is C13H16F3N5OS. The number of hydrogen-bond donors (Lipinski definition) is 2. The first-order chi connectivity index (χ1) is 10.5. The molecule has 0 fully saturated rings. The van der Waals surface area contributed by atoms with Crippen LogP contribution >= 0.6 is 0 Å². The molecule has 0 spiro atoms. The van der Waals surface area contributed by atoms with Crippen molar-refractivity contribution in [1.29, 1.82) is 0 Å². The highest BCUT2D eigenvalue weighted by Gasteiger charge is 2.48. The van der Waals surface area contributed by atoms with Gasteiger partial charge in [-0.2, -0.15) is 0 Å². The van der Waals surface area contributed by atoms with Crippen LogP contribution in [0.25, 0.3) is 0 Å². The van der Waals surface area contributed by atoms with Gasteiger partial charge in [-0.3, -0.25) is 0 Å². The molecule has 1 aromatic carbocycles. The van der Waals surface area contributed by atoms with E-state index in [9.17, 15) is 17.4 Å². The zero-order valence-electron chi connectivity index (χ0n) is 12.3. The maximum atomic E-state index is 14.2. The summed E-state index contributed by atoms with van der Waals surface area (Å²) in [5.41, 5.74) is 10.5. The van der Waals surface area contributed by atoms with Crippen molar-refractivity contribution in [3.63, 3.8) is 0 Å². The number of anilines is 1. The van der Waals surface area contributed by atoms with Crippen LogP contribution in [0.3, 0.4) is 0 Å². The summed E-state index contributed by atoms with van der Waals surface area (Å²) in [6.45, 7) is -0.144. The van der Waals surface area contributed by atoms with Gasteiger partial charge in [0, 0.05) is 11.3 Å². The predicted octanol–water partition coefficient (Wildman–Crippen LogP) is 1.29. The normalized spacial score (nSPS) is 32.7. The molecule has 0 saturated carbocycles. The monoisotopic (exact) mass is 347 g/mol. The van der Waals surface area contributed by atoms with Gasteiger partial charge in [-0.25, -0.2) is 31.0 Å². The van der Waals surface area contributed by atoms with E-state index in [1.165, 1.54) is 25.1 Å². The second-order valence-corrected chi connectivity index (χ2v) is 8.12. The molecule has 0 aromatic heterocycles. The first-order valence-corrected chi connectivity index (χ1v) is 8.46. The van der Waals surface area contributed by atoms with E-state index in [1.54, 1.807) is 0 Å². The van der Waals surface area contributed by atoms with Crippen LogP contribution in [0.1, 0.15) is 12.5 Å². The molecule has 6 nitrogen and oxygen atoms in total. The van der Waals surface area contributed by atoms with Crippen molar-refractivity contribution >= 4 is 21.6 Å². The Hall–Kier alpha value is -1.97. The minimum atomic E-state index is -3.22. The largest absolute Gasteiger partial charge is 0.399 e. The van der Waals surface area contributed by atoms with Gasteiger partial charge in [0.2, 0.25) is 5.96 Å². The molecule has 2 heterocycles. The summed E-state index contributed by atoms with van der Waals surface area (Å²) >= 11 is 0. The number of benzene rings is 1. The summed E-state index contributed by atoms with van der Waals surface area (Å²) in [4.78, 5) is 4.13. The van der Waals surface area contributed by atoms with Crippen molar-refractivity contribution in [1.82, 2.24) is 4.31 Å². The fraction of sp³-hybridized carbons (Fsp3) is 0.462. The van der Waals surface area contributed by atoms with E-state index in [1.807, 2.05) is 0 Å². The third-order valence-corrected chi connectivity index (χ3v) is 6.35. The molecule has 126 valence electrons. The number of nitrogen functional groups attached to an aromatic ring is 1. The number of halogens is 3. The average molecular weight is 347 g/mol. The Labute approximate surface area is 131 Å². The summed E-state index contributed by atoms with van der Waals surface area (Å²) in [5, 5.41) is 0. The third kappa shape index (κ3) is 2.60. The van der Waals surface area contributed by atoms with E-state index in [4.69, 9.17) is 11.5 Å². The van der Waals surface area contributed by atoms with Crippen molar-refractivity contribution in [2.45, 2.75) is 18.4 Å². The van der Waals surface area contributed by atoms with Crippen LogP contribution in [-0.4, -0.2) is 39.2 Å². The summed E-state index contributed by atoms with van der Waals surface area (Å²) in [6.07, 6.45) is 0. The first kappa shape index (κ1) is 15.9. The number of guanidine groups is 1. The van der Waals surface area contributed by atoms with Gasteiger partial charge in [-0.05, 0) is 25.1 Å². The highest BCUT2D eigenvalue weighted by molar-refractivity contribution is 7.92. The van der Waals surface area contributed by atoms with Gasteiger partial charge in [0.05, 0.1) is 5.75 Å². The van der Waals surface area contributed by atoms with Gasteiger partial charge in [-0.15, -0.1) is 0 Å². The Morgan fingerprint density at radius 2 is 2.04 bits per heavy atom. The van der Waals surface area contributed by atoms with E-state index in [2.05, 4.69) is 9.36 Å². The number of nitrogens with two attached hydrogens (primary N) is 2. The standard InChI is InChI=1S/C13H16F3N5OS/c1-12(9-4-8(17)2-3-10(9)14)7-23(22)19-5-13(15,16)6-21(23)11(18)20-12/h2-4H,5-7,17H2,1H3,(H2,18,20)/t12-,23?/m0/s1. The molecule has 1 unspecified atom stereocenters. The zero-order valence-corrected chi connectivity index (χ0v) is 13.1. The molecule has 0 saturated heterocycles. The summed E-state index contributed by atoms with van der Waals surface area (Å²) in [7, 11) is -3.22. The topological polar surface area (TPSA) is 97.1 Å². The van der Waals surface area contributed by atoms with Crippen LogP contribution in [0.4, 0.5) is 18.9 Å². The number of fused-ring (bicyclic) bond motifs is 1. The molecule has 0 amide bonds. The lowest BCUT2D eigenvalue weighted by atomic mass is 9.93. The molecule has 1 aromatic rings. The molecule has 10 heteroatoms. The molecule has 2 atom stereocenters. The van der Waals surface area contributed by atoms with Crippen LogP contribution in [0.15, 0.2) is 27.6 Å². The molecule has 0 bridgehead atoms. The number of nitrogens with zero attached hydrogens (tertiary/aromatic N) is 3. The number of aliphatic imine (C=N–C) groups is 1. The molecule has 4 N–H and O–H groups in total. The van der Waals surface area contributed by atoms with E-state index in [0.717, 1.165) is 4.31 Å². The zero-order chi connectivity index (χ0) is 17.0. The van der Waals surface area contributed by atoms with Crippen LogP contribution in [0.2, 0.25) is 0 Å². The van der Waals surface area contributed by atoms with Crippen LogP contribution < -0.4 is 11.5 Å². The number of hydrogen-bond acceptors (Lipinski definition) is 5. The van der Waals surface area contributed by atoms with Crippen LogP contribution in [-0.2, 0) is 15.5 Å². The van der Waals surface area contributed by atoms with Gasteiger partial charge < -0.3 is 11.5 Å². The molecule has 0 radical (unpaired) electrons. The van der Waals surface area contributed by atoms with Crippen molar-refractivity contribution in [2.75, 3.05) is 24.6 Å². The van der Waals surface area contributed by atoms with Gasteiger partial charge in [0.25, 0.3) is 5.92 Å². The van der Waals surface area contributed by atoms with Gasteiger partial charge in [0.15, 0.2) is 0 Å². The van der Waals surface area contributed by atoms with E-state index in [0.29, 0.717) is 5.69 Å². The van der Waals surface area contributed by atoms with Crippen molar-refractivity contribution < 1.29 is 17.4 Å². The Balaban J connectivity index is 2.14.